The number of hydrogen-bond acceptors (Lipinski definition) is 4. The Morgan fingerprint density at radius 2 is 2.00 bits per heavy atom. The summed E-state index contributed by atoms with van der Waals surface area (Å²) < 4.78 is 0. The number of carbonyl (C=O) groups excluding carboxylic acids is 1. The molecule has 0 atom stereocenters. The van der Waals surface area contributed by atoms with E-state index >= 15 is 0 Å². The molecule has 124 valence electrons. The van der Waals surface area contributed by atoms with E-state index in [9.17, 15) is 4.79 Å². The van der Waals surface area contributed by atoms with Crippen LogP contribution in [0, 0.1) is 0 Å². The number of carbonyl (C=O) groups is 1. The zero-order chi connectivity index (χ0) is 16.8. The van der Waals surface area contributed by atoms with Gasteiger partial charge in [-0.15, -0.1) is 0 Å². The Labute approximate surface area is 138 Å². The van der Waals surface area contributed by atoms with Gasteiger partial charge in [-0.2, -0.15) is 0 Å². The van der Waals surface area contributed by atoms with Crippen LogP contribution in [0.15, 0.2) is 28.8 Å². The zero-order valence-electron chi connectivity index (χ0n) is 14.2. The highest BCUT2D eigenvalue weighted by Crippen LogP contribution is 2.29. The third-order valence-corrected chi connectivity index (χ3v) is 3.83. The number of fused-ring (bicyclic) bond motifs is 1. The van der Waals surface area contributed by atoms with Gasteiger partial charge in [-0.25, -0.2) is 4.99 Å². The molecule has 0 aliphatic carbocycles. The van der Waals surface area contributed by atoms with E-state index in [0.29, 0.717) is 17.8 Å². The van der Waals surface area contributed by atoms with Crippen molar-refractivity contribution in [3.05, 3.63) is 29.3 Å². The van der Waals surface area contributed by atoms with Gasteiger partial charge in [0.15, 0.2) is 0 Å². The average molecular weight is 314 g/mol. The first kappa shape index (κ1) is 17.1. The van der Waals surface area contributed by atoms with E-state index in [1.165, 1.54) is 0 Å². The molecule has 0 aromatic heterocycles. The number of hydrogen-bond donors (Lipinski definition) is 2. The Morgan fingerprint density at radius 1 is 1.30 bits per heavy atom. The molecule has 0 radical (unpaired) electrons. The SMILES string of the molecule is CCCN(CCC)C(=O)C1=Cc2ccc(NC)cc2N=C(N)C1. The molecular weight excluding hydrogens is 288 g/mol. The first-order valence-electron chi connectivity index (χ1n) is 8.23. The van der Waals surface area contributed by atoms with Crippen molar-refractivity contribution in [2.24, 2.45) is 10.7 Å². The molecule has 1 aromatic rings. The Hall–Kier alpha value is -2.30. The maximum absolute atomic E-state index is 12.8. The number of aliphatic imine (C=N–C) groups is 1. The van der Waals surface area contributed by atoms with Gasteiger partial charge in [0.05, 0.1) is 5.69 Å². The van der Waals surface area contributed by atoms with Crippen molar-refractivity contribution < 1.29 is 4.79 Å². The predicted molar refractivity (Wildman–Crippen MR) is 97.0 cm³/mol. The summed E-state index contributed by atoms with van der Waals surface area (Å²) in [5.41, 5.74) is 9.45. The fourth-order valence-corrected chi connectivity index (χ4v) is 2.74. The minimum atomic E-state index is 0.0670. The van der Waals surface area contributed by atoms with Gasteiger partial charge < -0.3 is 16.0 Å². The molecule has 0 spiro atoms. The Morgan fingerprint density at radius 3 is 2.61 bits per heavy atom. The van der Waals surface area contributed by atoms with Crippen molar-refractivity contribution >= 4 is 29.2 Å². The van der Waals surface area contributed by atoms with Crippen molar-refractivity contribution in [2.45, 2.75) is 33.1 Å². The largest absolute Gasteiger partial charge is 0.388 e. The van der Waals surface area contributed by atoms with E-state index in [1.54, 1.807) is 0 Å². The zero-order valence-corrected chi connectivity index (χ0v) is 14.2. The van der Waals surface area contributed by atoms with Gasteiger partial charge in [-0.3, -0.25) is 4.79 Å². The molecule has 1 aliphatic rings. The lowest BCUT2D eigenvalue weighted by Gasteiger charge is -2.22. The molecule has 1 amide bonds. The van der Waals surface area contributed by atoms with E-state index in [2.05, 4.69) is 24.2 Å². The normalized spacial score (nSPS) is 13.5. The molecule has 1 heterocycles. The molecule has 0 saturated heterocycles. The summed E-state index contributed by atoms with van der Waals surface area (Å²) in [7, 11) is 1.86. The molecule has 1 aromatic carbocycles. The predicted octanol–water partition coefficient (Wildman–Crippen LogP) is 3.15. The van der Waals surface area contributed by atoms with Crippen molar-refractivity contribution in [3.8, 4) is 0 Å². The summed E-state index contributed by atoms with van der Waals surface area (Å²) in [5, 5.41) is 3.09. The van der Waals surface area contributed by atoms with Gasteiger partial charge in [0.1, 0.15) is 5.84 Å². The highest BCUT2D eigenvalue weighted by molar-refractivity contribution is 6.05. The van der Waals surface area contributed by atoms with Gasteiger partial charge in [0, 0.05) is 43.4 Å². The third-order valence-electron chi connectivity index (χ3n) is 3.83. The molecule has 5 heteroatoms. The Kier molecular flexibility index (Phi) is 5.79. The Balaban J connectivity index is 2.37. The van der Waals surface area contributed by atoms with Crippen molar-refractivity contribution in [3.63, 3.8) is 0 Å². The monoisotopic (exact) mass is 314 g/mol. The minimum Gasteiger partial charge on any atom is -0.388 e. The van der Waals surface area contributed by atoms with Gasteiger partial charge in [0.25, 0.3) is 0 Å². The summed E-state index contributed by atoms with van der Waals surface area (Å²) in [6.07, 6.45) is 4.22. The minimum absolute atomic E-state index is 0.0670. The van der Waals surface area contributed by atoms with Crippen LogP contribution in [-0.4, -0.2) is 36.8 Å². The third kappa shape index (κ3) is 4.12. The second-order valence-electron chi connectivity index (χ2n) is 5.77. The quantitative estimate of drug-likeness (QED) is 0.847. The smallest absolute Gasteiger partial charge is 0.250 e. The number of amides is 1. The molecule has 3 N–H and O–H groups in total. The van der Waals surface area contributed by atoms with E-state index < -0.39 is 0 Å². The average Bonchev–Trinajstić information content (AvgIpc) is 2.71. The molecule has 2 rings (SSSR count). The summed E-state index contributed by atoms with van der Waals surface area (Å²) in [6, 6.07) is 5.90. The van der Waals surface area contributed by atoms with Gasteiger partial charge in [0.2, 0.25) is 5.91 Å². The van der Waals surface area contributed by atoms with E-state index in [-0.39, 0.29) is 5.91 Å². The molecule has 5 nitrogen and oxygen atoms in total. The maximum atomic E-state index is 12.8. The van der Waals surface area contributed by atoms with Crippen LogP contribution in [0.3, 0.4) is 0 Å². The Bertz CT molecular complexity index is 628. The number of anilines is 1. The second kappa shape index (κ2) is 7.81. The number of nitrogens with two attached hydrogens (primary N) is 1. The standard InChI is InChI=1S/C18H26N4O/c1-4-8-22(9-5-2)18(23)14-10-13-6-7-15(20-3)12-16(13)21-17(19)11-14/h6-7,10,12,20H,4-5,8-9,11H2,1-3H3,(H2,19,21). The van der Waals surface area contributed by atoms with E-state index in [0.717, 1.165) is 42.9 Å². The van der Waals surface area contributed by atoms with Crippen LogP contribution in [0.4, 0.5) is 11.4 Å². The second-order valence-corrected chi connectivity index (χ2v) is 5.77. The van der Waals surface area contributed by atoms with Gasteiger partial charge in [-0.05, 0) is 31.1 Å². The summed E-state index contributed by atoms with van der Waals surface area (Å²) in [4.78, 5) is 19.2. The molecule has 0 unspecified atom stereocenters. The maximum Gasteiger partial charge on any atom is 0.250 e. The molecule has 1 aliphatic heterocycles. The topological polar surface area (TPSA) is 70.7 Å². The van der Waals surface area contributed by atoms with Gasteiger partial charge in [-0.1, -0.05) is 19.9 Å². The van der Waals surface area contributed by atoms with Crippen LogP contribution in [0.5, 0.6) is 0 Å². The first-order valence-corrected chi connectivity index (χ1v) is 8.23. The summed E-state index contributed by atoms with van der Waals surface area (Å²) in [6.45, 7) is 5.71. The number of nitrogens with one attached hydrogen (secondary N) is 1. The fraction of sp³-hybridized carbons (Fsp3) is 0.444. The van der Waals surface area contributed by atoms with Crippen LogP contribution in [0.25, 0.3) is 6.08 Å². The molecule has 0 fully saturated rings. The number of benzene rings is 1. The summed E-state index contributed by atoms with van der Waals surface area (Å²) >= 11 is 0. The summed E-state index contributed by atoms with van der Waals surface area (Å²) in [5.74, 6) is 0.543. The van der Waals surface area contributed by atoms with Crippen LogP contribution in [0.2, 0.25) is 0 Å². The lowest BCUT2D eigenvalue weighted by molar-refractivity contribution is -0.127. The number of rotatable bonds is 6. The van der Waals surface area contributed by atoms with Crippen LogP contribution >= 0.6 is 0 Å². The van der Waals surface area contributed by atoms with Crippen molar-refractivity contribution in [2.75, 3.05) is 25.5 Å². The van der Waals surface area contributed by atoms with Crippen molar-refractivity contribution in [1.82, 2.24) is 4.90 Å². The lowest BCUT2D eigenvalue weighted by atomic mass is 10.1. The highest BCUT2D eigenvalue weighted by atomic mass is 16.2. The van der Waals surface area contributed by atoms with E-state index in [1.807, 2.05) is 36.2 Å². The van der Waals surface area contributed by atoms with E-state index in [4.69, 9.17) is 5.73 Å². The number of nitrogens with zero attached hydrogens (tertiary/aromatic N) is 2. The molecular formula is C18H26N4O. The van der Waals surface area contributed by atoms with Gasteiger partial charge >= 0.3 is 0 Å². The van der Waals surface area contributed by atoms with Crippen LogP contribution in [0.1, 0.15) is 38.7 Å². The van der Waals surface area contributed by atoms with Crippen molar-refractivity contribution in [1.29, 1.82) is 0 Å². The first-order chi connectivity index (χ1) is 11.1. The molecule has 23 heavy (non-hydrogen) atoms. The van der Waals surface area contributed by atoms with Crippen LogP contribution < -0.4 is 11.1 Å². The van der Waals surface area contributed by atoms with Crippen LogP contribution in [-0.2, 0) is 4.79 Å². The molecule has 0 saturated carbocycles. The highest BCUT2D eigenvalue weighted by Gasteiger charge is 2.20. The fourth-order valence-electron chi connectivity index (χ4n) is 2.74. The molecule has 0 bridgehead atoms. The number of amidine groups is 1. The lowest BCUT2D eigenvalue weighted by Crippen LogP contribution is -2.34.